The summed E-state index contributed by atoms with van der Waals surface area (Å²) in [5.74, 6) is -0.194. The van der Waals surface area contributed by atoms with Gasteiger partial charge in [-0.25, -0.2) is 0 Å². The SMILES string of the molecule is CCN(Cc1ccccc1)C(=O)c1ccnc(C(=O)N2CCN(C)CC2)c1. The summed E-state index contributed by atoms with van der Waals surface area (Å²) < 4.78 is 0. The van der Waals surface area contributed by atoms with Gasteiger partial charge in [0.1, 0.15) is 5.69 Å². The van der Waals surface area contributed by atoms with Crippen LogP contribution in [0.5, 0.6) is 0 Å². The molecule has 3 rings (SSSR count). The van der Waals surface area contributed by atoms with Gasteiger partial charge in [0.05, 0.1) is 0 Å². The van der Waals surface area contributed by atoms with Crippen LogP contribution in [-0.4, -0.2) is 71.3 Å². The van der Waals surface area contributed by atoms with Gasteiger partial charge >= 0.3 is 0 Å². The summed E-state index contributed by atoms with van der Waals surface area (Å²) in [5, 5.41) is 0. The number of benzene rings is 1. The van der Waals surface area contributed by atoms with Gasteiger partial charge in [-0.05, 0) is 31.7 Å². The van der Waals surface area contributed by atoms with Crippen LogP contribution in [-0.2, 0) is 6.54 Å². The molecule has 142 valence electrons. The number of rotatable bonds is 5. The number of likely N-dealkylation sites (N-methyl/N-ethyl adjacent to an activating group) is 1. The predicted octanol–water partition coefficient (Wildman–Crippen LogP) is 2.13. The molecule has 0 unspecified atom stereocenters. The van der Waals surface area contributed by atoms with Crippen molar-refractivity contribution in [3.05, 3.63) is 65.5 Å². The van der Waals surface area contributed by atoms with Crippen molar-refractivity contribution < 1.29 is 9.59 Å². The molecule has 1 aromatic heterocycles. The molecule has 2 heterocycles. The van der Waals surface area contributed by atoms with Crippen molar-refractivity contribution in [1.29, 1.82) is 0 Å². The second kappa shape index (κ2) is 8.77. The van der Waals surface area contributed by atoms with Crippen LogP contribution in [0.15, 0.2) is 48.7 Å². The smallest absolute Gasteiger partial charge is 0.272 e. The molecule has 1 fully saturated rings. The minimum Gasteiger partial charge on any atom is -0.335 e. The van der Waals surface area contributed by atoms with Crippen molar-refractivity contribution in [1.82, 2.24) is 19.7 Å². The monoisotopic (exact) mass is 366 g/mol. The van der Waals surface area contributed by atoms with E-state index in [0.29, 0.717) is 37.4 Å². The summed E-state index contributed by atoms with van der Waals surface area (Å²) in [6.45, 7) is 6.17. The van der Waals surface area contributed by atoms with Crippen molar-refractivity contribution >= 4 is 11.8 Å². The number of amides is 2. The van der Waals surface area contributed by atoms with Crippen LogP contribution in [0.2, 0.25) is 0 Å². The van der Waals surface area contributed by atoms with Crippen molar-refractivity contribution in [3.8, 4) is 0 Å². The molecule has 6 heteroatoms. The molecule has 6 nitrogen and oxygen atoms in total. The second-order valence-corrected chi connectivity index (χ2v) is 6.83. The highest BCUT2D eigenvalue weighted by Crippen LogP contribution is 2.13. The molecular formula is C21H26N4O2. The summed E-state index contributed by atoms with van der Waals surface area (Å²) >= 11 is 0. The fourth-order valence-corrected chi connectivity index (χ4v) is 3.17. The quantitative estimate of drug-likeness (QED) is 0.813. The van der Waals surface area contributed by atoms with E-state index >= 15 is 0 Å². The lowest BCUT2D eigenvalue weighted by molar-refractivity contribution is 0.0658. The van der Waals surface area contributed by atoms with Crippen LogP contribution < -0.4 is 0 Å². The lowest BCUT2D eigenvalue weighted by atomic mass is 10.1. The fourth-order valence-electron chi connectivity index (χ4n) is 3.17. The largest absolute Gasteiger partial charge is 0.335 e. The Bertz CT molecular complexity index is 786. The van der Waals surface area contributed by atoms with Gasteiger partial charge in [-0.2, -0.15) is 0 Å². The fraction of sp³-hybridized carbons (Fsp3) is 0.381. The van der Waals surface area contributed by atoms with Crippen LogP contribution in [0.1, 0.15) is 33.3 Å². The van der Waals surface area contributed by atoms with Crippen molar-refractivity contribution in [2.45, 2.75) is 13.5 Å². The zero-order valence-corrected chi connectivity index (χ0v) is 16.0. The standard InChI is InChI=1S/C21H26N4O2/c1-3-24(16-17-7-5-4-6-8-17)20(26)18-9-10-22-19(15-18)21(27)25-13-11-23(2)12-14-25/h4-10,15H,3,11-14,16H2,1-2H3. The Morgan fingerprint density at radius 2 is 1.78 bits per heavy atom. The molecule has 2 amide bonds. The maximum Gasteiger partial charge on any atom is 0.272 e. The number of hydrogen-bond donors (Lipinski definition) is 0. The molecule has 1 aliphatic rings. The summed E-state index contributed by atoms with van der Waals surface area (Å²) in [4.78, 5) is 35.7. The first-order valence-electron chi connectivity index (χ1n) is 9.35. The minimum atomic E-state index is -0.108. The first-order chi connectivity index (χ1) is 13.1. The third-order valence-corrected chi connectivity index (χ3v) is 4.90. The number of hydrogen-bond acceptors (Lipinski definition) is 4. The number of nitrogens with zero attached hydrogens (tertiary/aromatic N) is 4. The summed E-state index contributed by atoms with van der Waals surface area (Å²) in [7, 11) is 2.05. The number of carbonyl (C=O) groups excluding carboxylic acids is 2. The number of carbonyl (C=O) groups is 2. The third kappa shape index (κ3) is 4.71. The van der Waals surface area contributed by atoms with E-state index in [1.165, 1.54) is 0 Å². The molecule has 1 aliphatic heterocycles. The Labute approximate surface area is 160 Å². The number of piperazine rings is 1. The first-order valence-corrected chi connectivity index (χ1v) is 9.35. The topological polar surface area (TPSA) is 56.8 Å². The summed E-state index contributed by atoms with van der Waals surface area (Å²) in [6.07, 6.45) is 1.55. The van der Waals surface area contributed by atoms with E-state index in [1.807, 2.05) is 44.3 Å². The predicted molar refractivity (Wildman–Crippen MR) is 104 cm³/mol. The van der Waals surface area contributed by atoms with Gasteiger partial charge in [-0.3, -0.25) is 14.6 Å². The Morgan fingerprint density at radius 1 is 1.07 bits per heavy atom. The summed E-state index contributed by atoms with van der Waals surface area (Å²) in [5.41, 5.74) is 1.91. The van der Waals surface area contributed by atoms with E-state index in [4.69, 9.17) is 0 Å². The average molecular weight is 366 g/mol. The average Bonchev–Trinajstić information content (AvgIpc) is 2.72. The molecule has 1 saturated heterocycles. The van der Waals surface area contributed by atoms with Crippen LogP contribution in [0, 0.1) is 0 Å². The van der Waals surface area contributed by atoms with E-state index in [2.05, 4.69) is 9.88 Å². The van der Waals surface area contributed by atoms with Crippen molar-refractivity contribution in [2.75, 3.05) is 39.8 Å². The highest BCUT2D eigenvalue weighted by atomic mass is 16.2. The highest BCUT2D eigenvalue weighted by molar-refractivity contribution is 5.98. The van der Waals surface area contributed by atoms with Gasteiger partial charge in [0, 0.05) is 51.0 Å². The minimum absolute atomic E-state index is 0.0869. The summed E-state index contributed by atoms with van der Waals surface area (Å²) in [6, 6.07) is 13.2. The normalized spacial score (nSPS) is 14.8. The molecule has 0 atom stereocenters. The molecule has 0 radical (unpaired) electrons. The third-order valence-electron chi connectivity index (χ3n) is 4.90. The van der Waals surface area contributed by atoms with Crippen molar-refractivity contribution in [3.63, 3.8) is 0 Å². The van der Waals surface area contributed by atoms with Gasteiger partial charge in [0.2, 0.25) is 0 Å². The Morgan fingerprint density at radius 3 is 2.44 bits per heavy atom. The molecule has 27 heavy (non-hydrogen) atoms. The molecule has 0 N–H and O–H groups in total. The number of pyridine rings is 1. The lowest BCUT2D eigenvalue weighted by Crippen LogP contribution is -2.47. The zero-order chi connectivity index (χ0) is 19.2. The van der Waals surface area contributed by atoms with Gasteiger partial charge in [-0.1, -0.05) is 30.3 Å². The van der Waals surface area contributed by atoms with E-state index in [-0.39, 0.29) is 11.8 Å². The van der Waals surface area contributed by atoms with Crippen molar-refractivity contribution in [2.24, 2.45) is 0 Å². The second-order valence-electron chi connectivity index (χ2n) is 6.83. The lowest BCUT2D eigenvalue weighted by Gasteiger charge is -2.32. The zero-order valence-electron chi connectivity index (χ0n) is 16.0. The van der Waals surface area contributed by atoms with Crippen LogP contribution >= 0.6 is 0 Å². The van der Waals surface area contributed by atoms with Gasteiger partial charge < -0.3 is 14.7 Å². The number of aromatic nitrogens is 1. The first kappa shape index (κ1) is 19.0. The van der Waals surface area contributed by atoms with E-state index in [1.54, 1.807) is 28.1 Å². The van der Waals surface area contributed by atoms with Crippen LogP contribution in [0.3, 0.4) is 0 Å². The molecule has 0 bridgehead atoms. The van der Waals surface area contributed by atoms with Gasteiger partial charge in [0.15, 0.2) is 0 Å². The molecule has 2 aromatic rings. The van der Waals surface area contributed by atoms with Crippen LogP contribution in [0.25, 0.3) is 0 Å². The van der Waals surface area contributed by atoms with E-state index in [9.17, 15) is 9.59 Å². The Kier molecular flexibility index (Phi) is 6.19. The molecule has 0 saturated carbocycles. The maximum atomic E-state index is 12.9. The molecular weight excluding hydrogens is 340 g/mol. The van der Waals surface area contributed by atoms with Gasteiger partial charge in [-0.15, -0.1) is 0 Å². The van der Waals surface area contributed by atoms with Gasteiger partial charge in [0.25, 0.3) is 11.8 Å². The van der Waals surface area contributed by atoms with Crippen LogP contribution in [0.4, 0.5) is 0 Å². The Hall–Kier alpha value is -2.73. The molecule has 1 aromatic carbocycles. The highest BCUT2D eigenvalue weighted by Gasteiger charge is 2.23. The molecule has 0 aliphatic carbocycles. The van der Waals surface area contributed by atoms with E-state index < -0.39 is 0 Å². The molecule has 0 spiro atoms. The Balaban J connectivity index is 1.73. The maximum absolute atomic E-state index is 12.9. The van der Waals surface area contributed by atoms with E-state index in [0.717, 1.165) is 18.7 Å².